The standard InChI is InChI=1S/C7H10ClO/c8-7-4-2-1-3-6(7)5-9/h6-7H,1-4H2. The quantitative estimate of drug-likeness (QED) is 0.515. The van der Waals surface area contributed by atoms with Gasteiger partial charge in [-0.2, -0.15) is 0 Å². The first-order valence-corrected chi connectivity index (χ1v) is 3.80. The Morgan fingerprint density at radius 1 is 1.33 bits per heavy atom. The molecule has 1 aliphatic rings. The number of halogens is 1. The van der Waals surface area contributed by atoms with Crippen molar-refractivity contribution in [1.29, 1.82) is 0 Å². The highest BCUT2D eigenvalue weighted by Crippen LogP contribution is 2.26. The molecule has 1 fully saturated rings. The highest BCUT2D eigenvalue weighted by molar-refractivity contribution is 6.21. The number of alkyl halides is 1. The Morgan fingerprint density at radius 3 is 2.44 bits per heavy atom. The third-order valence-electron chi connectivity index (χ3n) is 1.83. The van der Waals surface area contributed by atoms with Crippen LogP contribution in [0.3, 0.4) is 0 Å². The summed E-state index contributed by atoms with van der Waals surface area (Å²) in [5, 5.41) is 0.0660. The van der Waals surface area contributed by atoms with E-state index in [0.717, 1.165) is 19.3 Å². The summed E-state index contributed by atoms with van der Waals surface area (Å²) >= 11 is 5.82. The molecule has 0 amide bonds. The maximum atomic E-state index is 10.2. The summed E-state index contributed by atoms with van der Waals surface area (Å²) in [5.41, 5.74) is 0. The first-order chi connectivity index (χ1) is 4.34. The smallest absolute Gasteiger partial charge is 0.203 e. The molecule has 1 nitrogen and oxygen atoms in total. The van der Waals surface area contributed by atoms with E-state index in [9.17, 15) is 4.79 Å². The van der Waals surface area contributed by atoms with Crippen LogP contribution in [0.1, 0.15) is 25.7 Å². The van der Waals surface area contributed by atoms with Gasteiger partial charge in [0.25, 0.3) is 0 Å². The molecule has 0 aliphatic heterocycles. The van der Waals surface area contributed by atoms with Crippen LogP contribution >= 0.6 is 11.6 Å². The van der Waals surface area contributed by atoms with Crippen LogP contribution in [-0.4, -0.2) is 11.7 Å². The number of rotatable bonds is 1. The molecule has 0 N–H and O–H groups in total. The van der Waals surface area contributed by atoms with E-state index < -0.39 is 0 Å². The van der Waals surface area contributed by atoms with Gasteiger partial charge in [-0.15, -0.1) is 11.6 Å². The van der Waals surface area contributed by atoms with Crippen LogP contribution in [0.15, 0.2) is 0 Å². The first-order valence-electron chi connectivity index (χ1n) is 3.36. The van der Waals surface area contributed by atoms with Gasteiger partial charge in [-0.3, -0.25) is 4.79 Å². The van der Waals surface area contributed by atoms with Gasteiger partial charge in [-0.25, -0.2) is 0 Å². The van der Waals surface area contributed by atoms with Crippen LogP contribution in [0, 0.1) is 5.92 Å². The van der Waals surface area contributed by atoms with Crippen molar-refractivity contribution in [3.8, 4) is 0 Å². The van der Waals surface area contributed by atoms with Crippen molar-refractivity contribution in [2.75, 3.05) is 0 Å². The molecule has 9 heavy (non-hydrogen) atoms. The molecule has 0 aromatic heterocycles. The minimum atomic E-state index is 0.0143. The van der Waals surface area contributed by atoms with E-state index in [0.29, 0.717) is 0 Å². The molecular weight excluding hydrogens is 136 g/mol. The molecule has 2 heteroatoms. The van der Waals surface area contributed by atoms with Crippen LogP contribution in [0.4, 0.5) is 0 Å². The second-order valence-electron chi connectivity index (χ2n) is 2.52. The zero-order chi connectivity index (χ0) is 6.69. The summed E-state index contributed by atoms with van der Waals surface area (Å²) in [6, 6.07) is 0. The summed E-state index contributed by atoms with van der Waals surface area (Å²) < 4.78 is 0. The van der Waals surface area contributed by atoms with E-state index in [1.54, 1.807) is 0 Å². The van der Waals surface area contributed by atoms with Gasteiger partial charge in [0.05, 0.1) is 0 Å². The average molecular weight is 146 g/mol. The van der Waals surface area contributed by atoms with Crippen molar-refractivity contribution in [3.05, 3.63) is 0 Å². The van der Waals surface area contributed by atoms with Crippen molar-refractivity contribution in [1.82, 2.24) is 0 Å². The Balaban J connectivity index is 2.38. The Bertz CT molecular complexity index is 103. The lowest BCUT2D eigenvalue weighted by atomic mass is 9.90. The summed E-state index contributed by atoms with van der Waals surface area (Å²) in [6.07, 6.45) is 6.22. The summed E-state index contributed by atoms with van der Waals surface area (Å²) in [4.78, 5) is 10.2. The lowest BCUT2D eigenvalue weighted by Gasteiger charge is -2.20. The lowest BCUT2D eigenvalue weighted by molar-refractivity contribution is 0.420. The Kier molecular flexibility index (Phi) is 2.52. The molecule has 1 radical (unpaired) electrons. The van der Waals surface area contributed by atoms with Gasteiger partial charge in [0.2, 0.25) is 6.29 Å². The fourth-order valence-electron chi connectivity index (χ4n) is 1.22. The molecule has 2 atom stereocenters. The third-order valence-corrected chi connectivity index (χ3v) is 2.36. The maximum absolute atomic E-state index is 10.2. The normalized spacial score (nSPS) is 36.1. The highest BCUT2D eigenvalue weighted by Gasteiger charge is 2.22. The van der Waals surface area contributed by atoms with Crippen molar-refractivity contribution in [3.63, 3.8) is 0 Å². The molecule has 0 aromatic rings. The highest BCUT2D eigenvalue weighted by atomic mass is 35.5. The molecule has 0 spiro atoms. The monoisotopic (exact) mass is 145 g/mol. The topological polar surface area (TPSA) is 17.1 Å². The van der Waals surface area contributed by atoms with Gasteiger partial charge in [-0.05, 0) is 12.8 Å². The molecule has 0 saturated heterocycles. The van der Waals surface area contributed by atoms with Gasteiger partial charge in [-0.1, -0.05) is 12.8 Å². The molecule has 1 saturated carbocycles. The van der Waals surface area contributed by atoms with Gasteiger partial charge >= 0.3 is 0 Å². The summed E-state index contributed by atoms with van der Waals surface area (Å²) in [6.45, 7) is 0. The van der Waals surface area contributed by atoms with Crippen LogP contribution in [-0.2, 0) is 4.79 Å². The SMILES string of the molecule is O=[C]C1CCCCC1Cl. The molecule has 0 aromatic carbocycles. The van der Waals surface area contributed by atoms with E-state index in [1.165, 1.54) is 6.42 Å². The molecule has 0 heterocycles. The largest absolute Gasteiger partial charge is 0.291 e. The van der Waals surface area contributed by atoms with E-state index in [4.69, 9.17) is 11.6 Å². The first kappa shape index (κ1) is 7.07. The fourth-order valence-corrected chi connectivity index (χ4v) is 1.55. The van der Waals surface area contributed by atoms with Crippen molar-refractivity contribution in [2.24, 2.45) is 5.92 Å². The molecule has 1 aliphatic carbocycles. The van der Waals surface area contributed by atoms with Crippen molar-refractivity contribution in [2.45, 2.75) is 31.1 Å². The second kappa shape index (κ2) is 3.21. The molecule has 2 unspecified atom stereocenters. The predicted octanol–water partition coefficient (Wildman–Crippen LogP) is 1.89. The zero-order valence-electron chi connectivity index (χ0n) is 5.27. The van der Waals surface area contributed by atoms with Gasteiger partial charge < -0.3 is 0 Å². The minimum Gasteiger partial charge on any atom is -0.291 e. The van der Waals surface area contributed by atoms with Crippen LogP contribution in [0.25, 0.3) is 0 Å². The number of hydrogen-bond acceptors (Lipinski definition) is 1. The fraction of sp³-hybridized carbons (Fsp3) is 0.857. The Morgan fingerprint density at radius 2 is 2.00 bits per heavy atom. The zero-order valence-corrected chi connectivity index (χ0v) is 6.03. The Labute approximate surface area is 60.4 Å². The van der Waals surface area contributed by atoms with E-state index >= 15 is 0 Å². The van der Waals surface area contributed by atoms with E-state index in [-0.39, 0.29) is 11.3 Å². The van der Waals surface area contributed by atoms with Crippen LogP contribution in [0.2, 0.25) is 0 Å². The van der Waals surface area contributed by atoms with Crippen molar-refractivity contribution < 1.29 is 4.79 Å². The number of hydrogen-bond donors (Lipinski definition) is 0. The number of carbonyl (C=O) groups excluding carboxylic acids is 1. The Hall–Kier alpha value is -0.0400. The van der Waals surface area contributed by atoms with E-state index in [2.05, 4.69) is 0 Å². The average Bonchev–Trinajstić information content (AvgIpc) is 1.89. The second-order valence-corrected chi connectivity index (χ2v) is 3.09. The summed E-state index contributed by atoms with van der Waals surface area (Å²) in [7, 11) is 0. The maximum Gasteiger partial charge on any atom is 0.203 e. The molecular formula is C7H10ClO. The van der Waals surface area contributed by atoms with Crippen molar-refractivity contribution >= 4 is 17.9 Å². The van der Waals surface area contributed by atoms with Gasteiger partial charge in [0.1, 0.15) is 0 Å². The summed E-state index contributed by atoms with van der Waals surface area (Å²) in [5.74, 6) is 0.0143. The van der Waals surface area contributed by atoms with Gasteiger partial charge in [0.15, 0.2) is 0 Å². The molecule has 0 bridgehead atoms. The van der Waals surface area contributed by atoms with E-state index in [1.807, 2.05) is 6.29 Å². The molecule has 51 valence electrons. The van der Waals surface area contributed by atoms with Crippen LogP contribution in [0.5, 0.6) is 0 Å². The predicted molar refractivity (Wildman–Crippen MR) is 37.3 cm³/mol. The lowest BCUT2D eigenvalue weighted by Crippen LogP contribution is -2.20. The van der Waals surface area contributed by atoms with Crippen LogP contribution < -0.4 is 0 Å². The molecule has 1 rings (SSSR count). The van der Waals surface area contributed by atoms with Gasteiger partial charge in [0, 0.05) is 11.3 Å². The minimum absolute atomic E-state index is 0.0143. The third kappa shape index (κ3) is 1.68.